The minimum absolute atomic E-state index is 0.0386. The number of urea groups is 1. The highest BCUT2D eigenvalue weighted by Gasteiger charge is 2.09. The van der Waals surface area contributed by atoms with Gasteiger partial charge in [0.1, 0.15) is 5.75 Å². The number of phenols is 1. The lowest BCUT2D eigenvalue weighted by Gasteiger charge is -2.10. The van der Waals surface area contributed by atoms with Crippen LogP contribution in [0.2, 0.25) is 0 Å². The number of aromatic carboxylic acids is 1. The first-order chi connectivity index (χ1) is 8.90. The van der Waals surface area contributed by atoms with E-state index < -0.39 is 12.0 Å². The molecular weight excluding hydrogens is 248 g/mol. The van der Waals surface area contributed by atoms with Gasteiger partial charge in [0, 0.05) is 6.54 Å². The van der Waals surface area contributed by atoms with E-state index in [0.717, 1.165) is 12.5 Å². The zero-order valence-corrected chi connectivity index (χ0v) is 10.9. The van der Waals surface area contributed by atoms with Crippen molar-refractivity contribution >= 4 is 17.7 Å². The largest absolute Gasteiger partial charge is 0.506 e. The predicted molar refractivity (Wildman–Crippen MR) is 71.5 cm³/mol. The number of hydrogen-bond donors (Lipinski definition) is 4. The molecule has 0 aliphatic rings. The van der Waals surface area contributed by atoms with Crippen molar-refractivity contribution in [2.24, 2.45) is 5.92 Å². The molecule has 4 N–H and O–H groups in total. The predicted octanol–water partition coefficient (Wildman–Crippen LogP) is 2.26. The summed E-state index contributed by atoms with van der Waals surface area (Å²) in [4.78, 5) is 22.2. The molecule has 0 saturated heterocycles. The molecule has 0 aromatic heterocycles. The van der Waals surface area contributed by atoms with E-state index in [2.05, 4.69) is 24.5 Å². The van der Waals surface area contributed by atoms with Crippen LogP contribution in [0.3, 0.4) is 0 Å². The van der Waals surface area contributed by atoms with Gasteiger partial charge >= 0.3 is 12.0 Å². The van der Waals surface area contributed by atoms with Gasteiger partial charge in [-0.15, -0.1) is 0 Å². The first kappa shape index (κ1) is 14.8. The summed E-state index contributed by atoms with van der Waals surface area (Å²) in [6, 6.07) is 3.32. The minimum atomic E-state index is -1.14. The number of amides is 2. The maximum Gasteiger partial charge on any atom is 0.335 e. The molecule has 1 aromatic rings. The van der Waals surface area contributed by atoms with Crippen LogP contribution in [0.15, 0.2) is 18.2 Å². The lowest BCUT2D eigenvalue weighted by atomic mass is 10.1. The van der Waals surface area contributed by atoms with E-state index in [-0.39, 0.29) is 17.0 Å². The van der Waals surface area contributed by atoms with Crippen molar-refractivity contribution in [1.82, 2.24) is 5.32 Å². The Morgan fingerprint density at radius 3 is 2.53 bits per heavy atom. The van der Waals surface area contributed by atoms with Crippen molar-refractivity contribution in [1.29, 1.82) is 0 Å². The molecule has 6 heteroatoms. The molecule has 2 amide bonds. The average Bonchev–Trinajstić information content (AvgIpc) is 2.31. The Kier molecular flexibility index (Phi) is 5.17. The maximum atomic E-state index is 11.5. The lowest BCUT2D eigenvalue weighted by Crippen LogP contribution is -2.30. The summed E-state index contributed by atoms with van der Waals surface area (Å²) in [5.74, 6) is -0.925. The molecule has 1 aromatic carbocycles. The number of hydrogen-bond acceptors (Lipinski definition) is 3. The maximum absolute atomic E-state index is 11.5. The zero-order chi connectivity index (χ0) is 14.4. The monoisotopic (exact) mass is 266 g/mol. The number of nitrogens with one attached hydrogen (secondary N) is 2. The quantitative estimate of drug-likeness (QED) is 0.614. The third kappa shape index (κ3) is 4.87. The molecule has 0 heterocycles. The van der Waals surface area contributed by atoms with Gasteiger partial charge in [-0.2, -0.15) is 0 Å². The van der Waals surface area contributed by atoms with E-state index in [1.54, 1.807) is 0 Å². The van der Waals surface area contributed by atoms with Crippen LogP contribution >= 0.6 is 0 Å². The fourth-order valence-electron chi connectivity index (χ4n) is 1.41. The minimum Gasteiger partial charge on any atom is -0.506 e. The third-order valence-electron chi connectivity index (χ3n) is 2.50. The number of anilines is 1. The molecule has 0 aliphatic carbocycles. The molecule has 0 fully saturated rings. The van der Waals surface area contributed by atoms with Crippen molar-refractivity contribution in [3.05, 3.63) is 23.8 Å². The van der Waals surface area contributed by atoms with Gasteiger partial charge in [0.05, 0.1) is 11.3 Å². The number of carbonyl (C=O) groups is 2. The highest BCUT2D eigenvalue weighted by molar-refractivity contribution is 5.93. The third-order valence-corrected chi connectivity index (χ3v) is 2.50. The second kappa shape index (κ2) is 6.63. The highest BCUT2D eigenvalue weighted by Crippen LogP contribution is 2.24. The van der Waals surface area contributed by atoms with Gasteiger partial charge in [-0.1, -0.05) is 13.8 Å². The summed E-state index contributed by atoms with van der Waals surface area (Å²) in [7, 11) is 0. The standard InChI is InChI=1S/C13H18N2O4/c1-8(2)5-6-14-13(19)15-10-4-3-9(12(17)18)7-11(10)16/h3-4,7-8,16H,5-6H2,1-2H3,(H,17,18)(H2,14,15,19). The summed E-state index contributed by atoms with van der Waals surface area (Å²) in [6.45, 7) is 4.64. The Hall–Kier alpha value is -2.24. The van der Waals surface area contributed by atoms with Gasteiger partial charge in [-0.25, -0.2) is 9.59 Å². The molecular formula is C13H18N2O4. The molecule has 0 atom stereocenters. The Labute approximate surface area is 111 Å². The van der Waals surface area contributed by atoms with E-state index in [9.17, 15) is 14.7 Å². The first-order valence-corrected chi connectivity index (χ1v) is 6.01. The van der Waals surface area contributed by atoms with Crippen molar-refractivity contribution in [2.75, 3.05) is 11.9 Å². The smallest absolute Gasteiger partial charge is 0.335 e. The van der Waals surface area contributed by atoms with Crippen LogP contribution in [-0.2, 0) is 0 Å². The molecule has 0 bridgehead atoms. The number of carboxylic acids is 1. The number of carbonyl (C=O) groups excluding carboxylic acids is 1. The van der Waals surface area contributed by atoms with Crippen molar-refractivity contribution in [2.45, 2.75) is 20.3 Å². The van der Waals surface area contributed by atoms with Gasteiger partial charge < -0.3 is 20.8 Å². The van der Waals surface area contributed by atoms with Crippen LogP contribution < -0.4 is 10.6 Å². The lowest BCUT2D eigenvalue weighted by molar-refractivity contribution is 0.0696. The van der Waals surface area contributed by atoms with Crippen LogP contribution in [0, 0.1) is 5.92 Å². The van der Waals surface area contributed by atoms with Gasteiger partial charge in [-0.05, 0) is 30.5 Å². The van der Waals surface area contributed by atoms with Crippen LogP contribution in [0.1, 0.15) is 30.6 Å². The summed E-state index contributed by atoms with van der Waals surface area (Å²) in [6.07, 6.45) is 0.858. The number of rotatable bonds is 5. The van der Waals surface area contributed by atoms with Crippen LogP contribution in [0.4, 0.5) is 10.5 Å². The van der Waals surface area contributed by atoms with Crippen LogP contribution in [0.25, 0.3) is 0 Å². The molecule has 0 radical (unpaired) electrons. The summed E-state index contributed by atoms with van der Waals surface area (Å²) in [5.41, 5.74) is 0.135. The molecule has 104 valence electrons. The Morgan fingerprint density at radius 2 is 2.00 bits per heavy atom. The first-order valence-electron chi connectivity index (χ1n) is 6.01. The van der Waals surface area contributed by atoms with Gasteiger partial charge in [0.15, 0.2) is 0 Å². The van der Waals surface area contributed by atoms with E-state index in [1.165, 1.54) is 12.1 Å². The fourth-order valence-corrected chi connectivity index (χ4v) is 1.41. The zero-order valence-electron chi connectivity index (χ0n) is 10.9. The molecule has 0 aliphatic heterocycles. The molecule has 0 unspecified atom stereocenters. The van der Waals surface area contributed by atoms with Gasteiger partial charge in [0.2, 0.25) is 0 Å². The van der Waals surface area contributed by atoms with Crippen molar-refractivity contribution < 1.29 is 19.8 Å². The van der Waals surface area contributed by atoms with Crippen LogP contribution in [-0.4, -0.2) is 28.8 Å². The second-order valence-electron chi connectivity index (χ2n) is 4.60. The van der Waals surface area contributed by atoms with Crippen molar-refractivity contribution in [3.8, 4) is 5.75 Å². The van der Waals surface area contributed by atoms with E-state index in [0.29, 0.717) is 12.5 Å². The molecule has 0 saturated carbocycles. The van der Waals surface area contributed by atoms with Gasteiger partial charge in [-0.3, -0.25) is 0 Å². The Bertz CT molecular complexity index is 472. The normalized spacial score (nSPS) is 10.3. The molecule has 0 spiro atoms. The van der Waals surface area contributed by atoms with E-state index >= 15 is 0 Å². The number of benzene rings is 1. The Balaban J connectivity index is 2.57. The van der Waals surface area contributed by atoms with E-state index in [4.69, 9.17) is 5.11 Å². The average molecular weight is 266 g/mol. The number of carboxylic acid groups (broad SMARTS) is 1. The molecule has 1 rings (SSSR count). The second-order valence-corrected chi connectivity index (χ2v) is 4.60. The molecule has 19 heavy (non-hydrogen) atoms. The SMILES string of the molecule is CC(C)CCNC(=O)Nc1ccc(C(=O)O)cc1O. The van der Waals surface area contributed by atoms with Gasteiger partial charge in [0.25, 0.3) is 0 Å². The van der Waals surface area contributed by atoms with E-state index in [1.807, 2.05) is 0 Å². The summed E-state index contributed by atoms with van der Waals surface area (Å²) < 4.78 is 0. The number of aromatic hydroxyl groups is 1. The topological polar surface area (TPSA) is 98.7 Å². The Morgan fingerprint density at radius 1 is 1.32 bits per heavy atom. The van der Waals surface area contributed by atoms with Crippen LogP contribution in [0.5, 0.6) is 5.75 Å². The van der Waals surface area contributed by atoms with Crippen molar-refractivity contribution in [3.63, 3.8) is 0 Å². The summed E-state index contributed by atoms with van der Waals surface area (Å²) >= 11 is 0. The number of phenolic OH excluding ortho intramolecular Hbond substituents is 1. The molecule has 6 nitrogen and oxygen atoms in total. The summed E-state index contributed by atoms with van der Waals surface area (Å²) in [5, 5.41) is 23.4. The highest BCUT2D eigenvalue weighted by atomic mass is 16.4. The fraction of sp³-hybridized carbons (Fsp3) is 0.385.